The van der Waals surface area contributed by atoms with E-state index in [1.165, 1.54) is 48.2 Å². The maximum absolute atomic E-state index is 12.9. The highest BCUT2D eigenvalue weighted by atomic mass is 35.5. The number of sulfonamides is 1. The van der Waals surface area contributed by atoms with Gasteiger partial charge in [-0.3, -0.25) is 4.79 Å². The molecule has 2 fully saturated rings. The molecule has 2 aliphatic heterocycles. The first kappa shape index (κ1) is 21.6. The summed E-state index contributed by atoms with van der Waals surface area (Å²) in [4.78, 5) is 15.1. The molecular weight excluding hydrogens is 398 g/mol. The molecule has 28 heavy (non-hydrogen) atoms. The average Bonchev–Trinajstić information content (AvgIpc) is 2.97. The number of hydrogen-bond donors (Lipinski definition) is 1. The number of rotatable bonds is 6. The van der Waals surface area contributed by atoms with Crippen molar-refractivity contribution in [3.63, 3.8) is 0 Å². The van der Waals surface area contributed by atoms with Crippen LogP contribution in [0.15, 0.2) is 23.1 Å². The second-order valence-electron chi connectivity index (χ2n) is 7.62. The van der Waals surface area contributed by atoms with E-state index >= 15 is 0 Å². The molecule has 8 heteroatoms. The van der Waals surface area contributed by atoms with Gasteiger partial charge in [-0.15, -0.1) is 0 Å². The van der Waals surface area contributed by atoms with E-state index < -0.39 is 10.0 Å². The number of nitrogens with one attached hydrogen (secondary N) is 1. The van der Waals surface area contributed by atoms with Crippen LogP contribution in [0.3, 0.4) is 0 Å². The molecular formula is C20H30ClN3O3S. The topological polar surface area (TPSA) is 69.7 Å². The normalized spacial score (nSPS) is 19.9. The highest BCUT2D eigenvalue weighted by molar-refractivity contribution is 7.89. The summed E-state index contributed by atoms with van der Waals surface area (Å²) in [7, 11) is -3.59. The molecule has 2 heterocycles. The molecule has 1 N–H and O–H groups in total. The lowest BCUT2D eigenvalue weighted by Crippen LogP contribution is -2.36. The van der Waals surface area contributed by atoms with Crippen molar-refractivity contribution in [2.75, 3.05) is 39.3 Å². The molecule has 6 nitrogen and oxygen atoms in total. The number of likely N-dealkylation sites (tertiary alicyclic amines) is 1. The van der Waals surface area contributed by atoms with E-state index in [0.717, 1.165) is 38.9 Å². The van der Waals surface area contributed by atoms with Crippen LogP contribution in [-0.2, 0) is 10.0 Å². The first-order valence-electron chi connectivity index (χ1n) is 10.3. The minimum Gasteiger partial charge on any atom is -0.351 e. The third-order valence-corrected chi connectivity index (χ3v) is 7.77. The molecule has 0 bridgehead atoms. The molecule has 0 saturated carbocycles. The Hall–Kier alpha value is -1.15. The summed E-state index contributed by atoms with van der Waals surface area (Å²) in [6, 6.07) is 4.40. The Labute approximate surface area is 173 Å². The molecule has 3 rings (SSSR count). The molecule has 1 aromatic carbocycles. The van der Waals surface area contributed by atoms with Gasteiger partial charge in [0, 0.05) is 26.2 Å². The van der Waals surface area contributed by atoms with Gasteiger partial charge in [-0.05, 0) is 57.0 Å². The molecule has 1 amide bonds. The highest BCUT2D eigenvalue weighted by Crippen LogP contribution is 2.25. The fourth-order valence-corrected chi connectivity index (χ4v) is 5.62. The monoisotopic (exact) mass is 427 g/mol. The number of benzene rings is 1. The molecule has 0 unspecified atom stereocenters. The minimum atomic E-state index is -3.59. The summed E-state index contributed by atoms with van der Waals surface area (Å²) < 4.78 is 27.2. The Morgan fingerprint density at radius 2 is 1.57 bits per heavy atom. The molecule has 0 radical (unpaired) electrons. The van der Waals surface area contributed by atoms with Crippen molar-refractivity contribution in [2.45, 2.75) is 49.8 Å². The maximum atomic E-state index is 12.9. The van der Waals surface area contributed by atoms with Gasteiger partial charge in [0.2, 0.25) is 10.0 Å². The third-order valence-electron chi connectivity index (χ3n) is 5.55. The number of amides is 1. The Bertz CT molecular complexity index is 771. The number of hydrogen-bond acceptors (Lipinski definition) is 4. The fraction of sp³-hybridized carbons (Fsp3) is 0.650. The summed E-state index contributed by atoms with van der Waals surface area (Å²) >= 11 is 6.20. The van der Waals surface area contributed by atoms with Crippen molar-refractivity contribution >= 4 is 27.5 Å². The van der Waals surface area contributed by atoms with Gasteiger partial charge < -0.3 is 10.2 Å². The molecule has 0 atom stereocenters. The van der Waals surface area contributed by atoms with Gasteiger partial charge in [0.05, 0.1) is 15.5 Å². The number of halogens is 1. The molecule has 2 saturated heterocycles. The zero-order chi connectivity index (χ0) is 20.0. The summed E-state index contributed by atoms with van der Waals surface area (Å²) in [6.07, 6.45) is 7.75. The lowest BCUT2D eigenvalue weighted by Gasteiger charge is -2.26. The first-order chi connectivity index (χ1) is 13.5. The second kappa shape index (κ2) is 10.1. The zero-order valence-electron chi connectivity index (χ0n) is 16.3. The Balaban J connectivity index is 1.64. The Morgan fingerprint density at radius 3 is 2.25 bits per heavy atom. The summed E-state index contributed by atoms with van der Waals surface area (Å²) in [6.45, 7) is 4.53. The van der Waals surface area contributed by atoms with E-state index in [4.69, 9.17) is 11.6 Å². The largest absolute Gasteiger partial charge is 0.351 e. The SMILES string of the molecule is O=C(NCCN1CCCCCC1)c1cc(S(=O)(=O)N2CCCCC2)ccc1Cl. The molecule has 0 aliphatic carbocycles. The van der Waals surface area contributed by atoms with Crippen LogP contribution in [0.2, 0.25) is 5.02 Å². The van der Waals surface area contributed by atoms with Gasteiger partial charge >= 0.3 is 0 Å². The summed E-state index contributed by atoms with van der Waals surface area (Å²) in [5.74, 6) is -0.324. The van der Waals surface area contributed by atoms with Crippen molar-refractivity contribution < 1.29 is 13.2 Å². The van der Waals surface area contributed by atoms with E-state index in [0.29, 0.717) is 19.6 Å². The van der Waals surface area contributed by atoms with Crippen LogP contribution in [0.5, 0.6) is 0 Å². The smallest absolute Gasteiger partial charge is 0.252 e. The number of nitrogens with zero attached hydrogens (tertiary/aromatic N) is 2. The van der Waals surface area contributed by atoms with Crippen LogP contribution in [0.4, 0.5) is 0 Å². The van der Waals surface area contributed by atoms with E-state index in [1.807, 2.05) is 0 Å². The van der Waals surface area contributed by atoms with Crippen molar-refractivity contribution in [2.24, 2.45) is 0 Å². The predicted octanol–water partition coefficient (Wildman–Crippen LogP) is 3.12. The molecule has 156 valence electrons. The second-order valence-corrected chi connectivity index (χ2v) is 9.96. The van der Waals surface area contributed by atoms with Crippen molar-refractivity contribution in [3.8, 4) is 0 Å². The van der Waals surface area contributed by atoms with Crippen LogP contribution in [0.25, 0.3) is 0 Å². The average molecular weight is 428 g/mol. The standard InChI is InChI=1S/C20H30ClN3O3S/c21-19-9-8-17(28(26,27)24-13-6-3-7-14-24)16-18(19)20(25)22-10-15-23-11-4-1-2-5-12-23/h8-9,16H,1-7,10-15H2,(H,22,25). The van der Waals surface area contributed by atoms with Crippen LogP contribution < -0.4 is 5.32 Å². The first-order valence-corrected chi connectivity index (χ1v) is 12.1. The lowest BCUT2D eigenvalue weighted by atomic mass is 10.2. The Kier molecular flexibility index (Phi) is 7.74. The van der Waals surface area contributed by atoms with Gasteiger partial charge in [-0.2, -0.15) is 4.31 Å². The lowest BCUT2D eigenvalue weighted by molar-refractivity contribution is 0.0948. The predicted molar refractivity (Wildman–Crippen MR) is 111 cm³/mol. The van der Waals surface area contributed by atoms with Crippen molar-refractivity contribution in [3.05, 3.63) is 28.8 Å². The number of piperidine rings is 1. The quantitative estimate of drug-likeness (QED) is 0.757. The molecule has 2 aliphatic rings. The van der Waals surface area contributed by atoms with Crippen molar-refractivity contribution in [1.82, 2.24) is 14.5 Å². The van der Waals surface area contributed by atoms with E-state index in [9.17, 15) is 13.2 Å². The van der Waals surface area contributed by atoms with Gasteiger partial charge in [0.25, 0.3) is 5.91 Å². The third kappa shape index (κ3) is 5.47. The molecule has 0 spiro atoms. The maximum Gasteiger partial charge on any atom is 0.252 e. The van der Waals surface area contributed by atoms with Gasteiger partial charge in [-0.1, -0.05) is 30.9 Å². The van der Waals surface area contributed by atoms with Crippen LogP contribution in [-0.4, -0.2) is 62.8 Å². The molecule has 0 aromatic heterocycles. The van der Waals surface area contributed by atoms with Crippen molar-refractivity contribution in [1.29, 1.82) is 0 Å². The van der Waals surface area contributed by atoms with Gasteiger partial charge in [0.1, 0.15) is 0 Å². The van der Waals surface area contributed by atoms with Crippen LogP contribution in [0.1, 0.15) is 55.3 Å². The summed E-state index contributed by atoms with van der Waals surface area (Å²) in [5, 5.41) is 3.16. The molecule has 1 aromatic rings. The van der Waals surface area contributed by atoms with E-state index in [1.54, 1.807) is 0 Å². The highest BCUT2D eigenvalue weighted by Gasteiger charge is 2.27. The summed E-state index contributed by atoms with van der Waals surface area (Å²) in [5.41, 5.74) is 0.218. The van der Waals surface area contributed by atoms with E-state index in [2.05, 4.69) is 10.2 Å². The zero-order valence-corrected chi connectivity index (χ0v) is 17.9. The number of carbonyl (C=O) groups is 1. The van der Waals surface area contributed by atoms with Crippen LogP contribution >= 0.6 is 11.6 Å². The van der Waals surface area contributed by atoms with Crippen LogP contribution in [0, 0.1) is 0 Å². The Morgan fingerprint density at radius 1 is 0.964 bits per heavy atom. The minimum absolute atomic E-state index is 0.136. The van der Waals surface area contributed by atoms with Gasteiger partial charge in [-0.25, -0.2) is 8.42 Å². The van der Waals surface area contributed by atoms with Gasteiger partial charge in [0.15, 0.2) is 0 Å². The number of carbonyl (C=O) groups excluding carboxylic acids is 1. The van der Waals surface area contributed by atoms with E-state index in [-0.39, 0.29) is 21.4 Å². The fourth-order valence-electron chi connectivity index (χ4n) is 3.88.